The van der Waals surface area contributed by atoms with Crippen LogP contribution in [-0.2, 0) is 11.3 Å². The normalized spacial score (nSPS) is 11.7. The van der Waals surface area contributed by atoms with Crippen LogP contribution in [0.4, 0.5) is 0 Å². The summed E-state index contributed by atoms with van der Waals surface area (Å²) in [6.45, 7) is 11.1. The number of nitrogens with one attached hydrogen (secondary N) is 2. The van der Waals surface area contributed by atoms with Gasteiger partial charge >= 0.3 is 0 Å². The molecule has 0 fully saturated rings. The van der Waals surface area contributed by atoms with Crippen molar-refractivity contribution in [2.45, 2.75) is 40.2 Å². The molecule has 0 bridgehead atoms. The molecule has 0 amide bonds. The maximum absolute atomic E-state index is 5.30. The van der Waals surface area contributed by atoms with Gasteiger partial charge in [-0.3, -0.25) is 4.99 Å². The summed E-state index contributed by atoms with van der Waals surface area (Å²) in [7, 11) is 0. The van der Waals surface area contributed by atoms with Crippen LogP contribution in [0.5, 0.6) is 0 Å². The first-order valence-electron chi connectivity index (χ1n) is 7.85. The molecule has 0 aromatic carbocycles. The third kappa shape index (κ3) is 7.70. The van der Waals surface area contributed by atoms with Crippen LogP contribution < -0.4 is 10.6 Å². The monoisotopic (exact) mass is 295 g/mol. The molecule has 1 aromatic heterocycles. The lowest BCUT2D eigenvalue weighted by Crippen LogP contribution is -2.39. The average molecular weight is 295 g/mol. The number of aromatic nitrogens is 2. The maximum atomic E-state index is 5.30. The van der Waals surface area contributed by atoms with Gasteiger partial charge in [-0.2, -0.15) is 0 Å². The zero-order valence-electron chi connectivity index (χ0n) is 13.6. The van der Waals surface area contributed by atoms with Crippen LogP contribution in [-0.4, -0.2) is 48.4 Å². The Balaban J connectivity index is 2.19. The van der Waals surface area contributed by atoms with Crippen LogP contribution in [0.15, 0.2) is 17.4 Å². The van der Waals surface area contributed by atoms with Crippen LogP contribution >= 0.6 is 0 Å². The number of imidazole rings is 1. The zero-order chi connectivity index (χ0) is 15.3. The summed E-state index contributed by atoms with van der Waals surface area (Å²) in [6.07, 6.45) is 6.05. The Morgan fingerprint density at radius 1 is 1.33 bits per heavy atom. The summed E-state index contributed by atoms with van der Waals surface area (Å²) in [6, 6.07) is 0. The standard InChI is InChI=1S/C15H29N5O/c1-4-16-15(19-10-13-21-5-2)18-8-6-7-11-20-12-9-17-14(20)3/h9,12H,4-8,10-11,13H2,1-3H3,(H2,16,18,19). The summed E-state index contributed by atoms with van der Waals surface area (Å²) in [5.41, 5.74) is 0. The number of hydrogen-bond acceptors (Lipinski definition) is 3. The molecule has 0 atom stereocenters. The van der Waals surface area contributed by atoms with Gasteiger partial charge in [-0.15, -0.1) is 0 Å². The van der Waals surface area contributed by atoms with E-state index in [0.717, 1.165) is 57.4 Å². The first-order chi connectivity index (χ1) is 10.3. The van der Waals surface area contributed by atoms with Gasteiger partial charge in [0, 0.05) is 45.2 Å². The molecule has 0 aliphatic heterocycles. The molecule has 1 aromatic rings. The van der Waals surface area contributed by atoms with E-state index in [1.165, 1.54) is 0 Å². The molecule has 2 N–H and O–H groups in total. The molecule has 0 saturated heterocycles. The van der Waals surface area contributed by atoms with Crippen molar-refractivity contribution in [3.8, 4) is 0 Å². The van der Waals surface area contributed by atoms with Crippen LogP contribution in [0.25, 0.3) is 0 Å². The summed E-state index contributed by atoms with van der Waals surface area (Å²) in [5, 5.41) is 6.51. The number of unbranched alkanes of at least 4 members (excludes halogenated alkanes) is 1. The Hall–Kier alpha value is -1.56. The van der Waals surface area contributed by atoms with Gasteiger partial charge in [0.15, 0.2) is 5.96 Å². The number of hydrogen-bond donors (Lipinski definition) is 2. The predicted molar refractivity (Wildman–Crippen MR) is 86.7 cm³/mol. The number of rotatable bonds is 10. The smallest absolute Gasteiger partial charge is 0.191 e. The Morgan fingerprint density at radius 3 is 2.86 bits per heavy atom. The van der Waals surface area contributed by atoms with Crippen LogP contribution in [0, 0.1) is 6.92 Å². The van der Waals surface area contributed by atoms with Gasteiger partial charge in [0.1, 0.15) is 5.82 Å². The van der Waals surface area contributed by atoms with E-state index < -0.39 is 0 Å². The lowest BCUT2D eigenvalue weighted by Gasteiger charge is -2.11. The minimum absolute atomic E-state index is 0.709. The number of nitrogens with zero attached hydrogens (tertiary/aromatic N) is 3. The summed E-state index contributed by atoms with van der Waals surface area (Å²) in [5.74, 6) is 1.94. The molecule has 1 rings (SSSR count). The predicted octanol–water partition coefficient (Wildman–Crippen LogP) is 1.56. The number of ether oxygens (including phenoxy) is 1. The van der Waals surface area contributed by atoms with E-state index in [1.807, 2.05) is 26.2 Å². The number of guanidine groups is 1. The fourth-order valence-electron chi connectivity index (χ4n) is 1.95. The van der Waals surface area contributed by atoms with E-state index >= 15 is 0 Å². The molecule has 0 aliphatic carbocycles. The van der Waals surface area contributed by atoms with Crippen molar-refractivity contribution in [2.75, 3.05) is 32.8 Å². The topological polar surface area (TPSA) is 63.5 Å². The van der Waals surface area contributed by atoms with Gasteiger partial charge in [-0.05, 0) is 33.6 Å². The first-order valence-corrected chi connectivity index (χ1v) is 7.85. The van der Waals surface area contributed by atoms with E-state index in [2.05, 4.69) is 32.1 Å². The van der Waals surface area contributed by atoms with Gasteiger partial charge in [0.2, 0.25) is 0 Å². The van der Waals surface area contributed by atoms with Crippen molar-refractivity contribution in [1.82, 2.24) is 20.2 Å². The molecule has 0 radical (unpaired) electrons. The first kappa shape index (κ1) is 17.5. The van der Waals surface area contributed by atoms with E-state index in [1.54, 1.807) is 0 Å². The van der Waals surface area contributed by atoms with Crippen LogP contribution in [0.3, 0.4) is 0 Å². The van der Waals surface area contributed by atoms with Gasteiger partial charge in [-0.25, -0.2) is 4.98 Å². The van der Waals surface area contributed by atoms with Gasteiger partial charge in [-0.1, -0.05) is 0 Å². The molecule has 6 heteroatoms. The minimum Gasteiger partial charge on any atom is -0.380 e. The minimum atomic E-state index is 0.709. The van der Waals surface area contributed by atoms with Crippen molar-refractivity contribution < 1.29 is 4.74 Å². The van der Waals surface area contributed by atoms with E-state index in [0.29, 0.717) is 6.61 Å². The summed E-state index contributed by atoms with van der Waals surface area (Å²) >= 11 is 0. The molecular formula is C15H29N5O. The highest BCUT2D eigenvalue weighted by molar-refractivity contribution is 5.79. The highest BCUT2D eigenvalue weighted by atomic mass is 16.5. The third-order valence-corrected chi connectivity index (χ3v) is 3.09. The summed E-state index contributed by atoms with van der Waals surface area (Å²) < 4.78 is 7.48. The SMILES string of the molecule is CCNC(=NCCCCn1ccnc1C)NCCOCC. The molecule has 0 spiro atoms. The quantitative estimate of drug-likeness (QED) is 0.391. The summed E-state index contributed by atoms with van der Waals surface area (Å²) in [4.78, 5) is 8.79. The molecule has 6 nitrogen and oxygen atoms in total. The fourth-order valence-corrected chi connectivity index (χ4v) is 1.95. The van der Waals surface area contributed by atoms with E-state index in [4.69, 9.17) is 4.74 Å². The van der Waals surface area contributed by atoms with Gasteiger partial charge < -0.3 is 19.9 Å². The molecular weight excluding hydrogens is 266 g/mol. The van der Waals surface area contributed by atoms with Crippen LogP contribution in [0.1, 0.15) is 32.5 Å². The largest absolute Gasteiger partial charge is 0.380 e. The number of aliphatic imine (C=N–C) groups is 1. The van der Waals surface area contributed by atoms with Crippen molar-refractivity contribution in [3.05, 3.63) is 18.2 Å². The van der Waals surface area contributed by atoms with Crippen molar-refractivity contribution in [1.29, 1.82) is 0 Å². The third-order valence-electron chi connectivity index (χ3n) is 3.09. The second-order valence-corrected chi connectivity index (χ2v) is 4.76. The molecule has 21 heavy (non-hydrogen) atoms. The Morgan fingerprint density at radius 2 is 2.19 bits per heavy atom. The van der Waals surface area contributed by atoms with Crippen molar-refractivity contribution >= 4 is 5.96 Å². The lowest BCUT2D eigenvalue weighted by atomic mass is 10.3. The molecule has 0 aliphatic rings. The molecule has 0 saturated carbocycles. The van der Waals surface area contributed by atoms with Gasteiger partial charge in [0.25, 0.3) is 0 Å². The lowest BCUT2D eigenvalue weighted by molar-refractivity contribution is 0.152. The molecule has 0 unspecified atom stereocenters. The van der Waals surface area contributed by atoms with Gasteiger partial charge in [0.05, 0.1) is 6.61 Å². The highest BCUT2D eigenvalue weighted by Crippen LogP contribution is 1.99. The Bertz CT molecular complexity index is 403. The fraction of sp³-hybridized carbons (Fsp3) is 0.733. The average Bonchev–Trinajstić information content (AvgIpc) is 2.88. The van der Waals surface area contributed by atoms with Crippen molar-refractivity contribution in [3.63, 3.8) is 0 Å². The van der Waals surface area contributed by atoms with E-state index in [9.17, 15) is 0 Å². The number of aryl methyl sites for hydroxylation is 2. The second-order valence-electron chi connectivity index (χ2n) is 4.76. The van der Waals surface area contributed by atoms with E-state index in [-0.39, 0.29) is 0 Å². The van der Waals surface area contributed by atoms with Crippen molar-refractivity contribution in [2.24, 2.45) is 4.99 Å². The van der Waals surface area contributed by atoms with Crippen LogP contribution in [0.2, 0.25) is 0 Å². The Kier molecular flexibility index (Phi) is 9.28. The maximum Gasteiger partial charge on any atom is 0.191 e. The molecule has 120 valence electrons. The second kappa shape index (κ2) is 11.1. The highest BCUT2D eigenvalue weighted by Gasteiger charge is 1.98. The Labute approximate surface area is 128 Å². The molecule has 1 heterocycles. The zero-order valence-corrected chi connectivity index (χ0v) is 13.6.